The molecule has 19 heavy (non-hydrogen) atoms. The average molecular weight is 263 g/mol. The molecule has 0 amide bonds. The zero-order valence-corrected chi connectivity index (χ0v) is 11.9. The van der Waals surface area contributed by atoms with Gasteiger partial charge in [-0.2, -0.15) is 0 Å². The summed E-state index contributed by atoms with van der Waals surface area (Å²) in [5.41, 5.74) is 6.58. The molecule has 3 heteroatoms. The van der Waals surface area contributed by atoms with Crippen LogP contribution >= 0.6 is 0 Å². The van der Waals surface area contributed by atoms with E-state index in [0.29, 0.717) is 22.8 Å². The maximum absolute atomic E-state index is 13.4. The molecule has 0 aromatic heterocycles. The van der Waals surface area contributed by atoms with E-state index in [-0.39, 0.29) is 17.3 Å². The van der Waals surface area contributed by atoms with Crippen LogP contribution in [0.1, 0.15) is 40.0 Å². The first kappa shape index (κ1) is 12.8. The van der Waals surface area contributed by atoms with Gasteiger partial charge in [0.2, 0.25) is 0 Å². The van der Waals surface area contributed by atoms with E-state index in [1.807, 2.05) is 0 Å². The number of benzene rings is 1. The number of rotatable bonds is 2. The molecule has 2 nitrogen and oxygen atoms in total. The fraction of sp³-hybridized carbons (Fsp3) is 0.625. The monoisotopic (exact) mass is 263 g/mol. The highest BCUT2D eigenvalue weighted by Gasteiger charge is 2.62. The summed E-state index contributed by atoms with van der Waals surface area (Å²) < 4.78 is 19.5. The van der Waals surface area contributed by atoms with Crippen LogP contribution in [0.15, 0.2) is 18.2 Å². The molecule has 0 spiro atoms. The lowest BCUT2D eigenvalue weighted by molar-refractivity contribution is 0.0300. The van der Waals surface area contributed by atoms with Gasteiger partial charge in [-0.25, -0.2) is 4.39 Å². The van der Waals surface area contributed by atoms with Crippen LogP contribution in [0.3, 0.4) is 0 Å². The lowest BCUT2D eigenvalue weighted by Gasteiger charge is -2.38. The Kier molecular flexibility index (Phi) is 2.60. The van der Waals surface area contributed by atoms with Gasteiger partial charge in [0, 0.05) is 23.2 Å². The van der Waals surface area contributed by atoms with E-state index in [1.165, 1.54) is 25.0 Å². The Morgan fingerprint density at radius 1 is 1.26 bits per heavy atom. The van der Waals surface area contributed by atoms with E-state index in [2.05, 4.69) is 20.8 Å². The lowest BCUT2D eigenvalue weighted by atomic mass is 9.70. The lowest BCUT2D eigenvalue weighted by Crippen LogP contribution is -2.38. The molecule has 2 aliphatic carbocycles. The summed E-state index contributed by atoms with van der Waals surface area (Å²) in [5, 5.41) is 0. The topological polar surface area (TPSA) is 35.2 Å². The number of nitrogen functional groups attached to an aromatic ring is 1. The van der Waals surface area contributed by atoms with Gasteiger partial charge in [-0.3, -0.25) is 0 Å². The van der Waals surface area contributed by atoms with E-state index >= 15 is 0 Å². The maximum atomic E-state index is 13.4. The highest BCUT2D eigenvalue weighted by atomic mass is 19.1. The summed E-state index contributed by atoms with van der Waals surface area (Å²) in [5.74, 6) is 0.947. The minimum Gasteiger partial charge on any atom is -0.490 e. The quantitative estimate of drug-likeness (QED) is 0.818. The Bertz CT molecular complexity index is 493. The molecule has 2 aliphatic rings. The second kappa shape index (κ2) is 3.87. The van der Waals surface area contributed by atoms with Crippen molar-refractivity contribution in [2.24, 2.45) is 16.7 Å². The Morgan fingerprint density at radius 3 is 2.53 bits per heavy atom. The van der Waals surface area contributed by atoms with Crippen molar-refractivity contribution >= 4 is 5.69 Å². The van der Waals surface area contributed by atoms with E-state index in [4.69, 9.17) is 10.5 Å². The van der Waals surface area contributed by atoms with Gasteiger partial charge in [0.25, 0.3) is 0 Å². The Labute approximate surface area is 114 Å². The standard InChI is InChI=1S/C16H22FNO/c1-15(2)10-4-5-16(15,3)14(6-10)19-13-8-11(17)7-12(18)9-13/h7-10,14H,4-6,18H2,1-3H3. The van der Waals surface area contributed by atoms with Crippen LogP contribution in [0.2, 0.25) is 0 Å². The van der Waals surface area contributed by atoms with Gasteiger partial charge >= 0.3 is 0 Å². The molecule has 2 bridgehead atoms. The van der Waals surface area contributed by atoms with Crippen molar-refractivity contribution in [3.63, 3.8) is 0 Å². The Hall–Kier alpha value is -1.25. The van der Waals surface area contributed by atoms with Gasteiger partial charge in [-0.15, -0.1) is 0 Å². The van der Waals surface area contributed by atoms with E-state index in [0.717, 1.165) is 6.42 Å². The smallest absolute Gasteiger partial charge is 0.128 e. The van der Waals surface area contributed by atoms with Crippen LogP contribution in [0.4, 0.5) is 10.1 Å². The molecule has 104 valence electrons. The van der Waals surface area contributed by atoms with Gasteiger partial charge in [-0.05, 0) is 36.7 Å². The molecule has 2 N–H and O–H groups in total. The van der Waals surface area contributed by atoms with Crippen molar-refractivity contribution in [3.05, 3.63) is 24.0 Å². The molecule has 3 rings (SSSR count). The fourth-order valence-corrected chi connectivity index (χ4v) is 4.13. The first-order chi connectivity index (χ1) is 8.83. The van der Waals surface area contributed by atoms with Crippen molar-refractivity contribution in [2.45, 2.75) is 46.1 Å². The molecule has 3 atom stereocenters. The van der Waals surface area contributed by atoms with Gasteiger partial charge in [0.1, 0.15) is 17.7 Å². The van der Waals surface area contributed by atoms with Crippen LogP contribution in [-0.4, -0.2) is 6.10 Å². The molecule has 3 unspecified atom stereocenters. The first-order valence-corrected chi connectivity index (χ1v) is 7.06. The van der Waals surface area contributed by atoms with Crippen LogP contribution in [-0.2, 0) is 0 Å². The summed E-state index contributed by atoms with van der Waals surface area (Å²) in [6.07, 6.45) is 3.72. The molecule has 2 saturated carbocycles. The molecule has 1 aromatic carbocycles. The summed E-state index contributed by atoms with van der Waals surface area (Å²) in [6, 6.07) is 4.46. The third-order valence-electron chi connectivity index (χ3n) is 5.89. The largest absolute Gasteiger partial charge is 0.490 e. The molecule has 0 saturated heterocycles. The molecule has 2 fully saturated rings. The summed E-state index contributed by atoms with van der Waals surface area (Å²) >= 11 is 0. The van der Waals surface area contributed by atoms with Gasteiger partial charge in [0.05, 0.1) is 0 Å². The average Bonchev–Trinajstić information content (AvgIpc) is 2.60. The van der Waals surface area contributed by atoms with Gasteiger partial charge in [0.15, 0.2) is 0 Å². The van der Waals surface area contributed by atoms with E-state index < -0.39 is 0 Å². The molecule has 1 aromatic rings. The molecular formula is C16H22FNO. The predicted octanol–water partition coefficient (Wildman–Crippen LogP) is 4.00. The van der Waals surface area contributed by atoms with Gasteiger partial charge in [-0.1, -0.05) is 20.8 Å². The second-order valence-electron chi connectivity index (χ2n) is 6.94. The summed E-state index contributed by atoms with van der Waals surface area (Å²) in [6.45, 7) is 7.00. The van der Waals surface area contributed by atoms with Crippen molar-refractivity contribution in [1.82, 2.24) is 0 Å². The third-order valence-corrected chi connectivity index (χ3v) is 5.89. The number of fused-ring (bicyclic) bond motifs is 2. The van der Waals surface area contributed by atoms with Gasteiger partial charge < -0.3 is 10.5 Å². The fourth-order valence-electron chi connectivity index (χ4n) is 4.13. The molecule has 0 radical (unpaired) electrons. The minimum absolute atomic E-state index is 0.169. The SMILES string of the molecule is CC1(C)C2CCC1(C)C(Oc1cc(N)cc(F)c1)C2. The van der Waals surface area contributed by atoms with Crippen LogP contribution < -0.4 is 10.5 Å². The number of halogens is 1. The number of ether oxygens (including phenoxy) is 1. The van der Waals surface area contributed by atoms with Crippen LogP contribution in [0.5, 0.6) is 5.75 Å². The number of hydrogen-bond acceptors (Lipinski definition) is 2. The van der Waals surface area contributed by atoms with E-state index in [1.54, 1.807) is 6.07 Å². The minimum atomic E-state index is -0.331. The highest BCUT2D eigenvalue weighted by molar-refractivity contribution is 5.44. The summed E-state index contributed by atoms with van der Waals surface area (Å²) in [7, 11) is 0. The van der Waals surface area contributed by atoms with Crippen LogP contribution in [0.25, 0.3) is 0 Å². The van der Waals surface area contributed by atoms with Crippen molar-refractivity contribution in [1.29, 1.82) is 0 Å². The molecule has 0 aliphatic heterocycles. The van der Waals surface area contributed by atoms with Crippen LogP contribution in [0, 0.1) is 22.6 Å². The zero-order valence-electron chi connectivity index (χ0n) is 11.9. The molecular weight excluding hydrogens is 241 g/mol. The zero-order chi connectivity index (χ0) is 13.8. The van der Waals surface area contributed by atoms with Crippen molar-refractivity contribution in [3.8, 4) is 5.75 Å². The number of hydrogen-bond donors (Lipinski definition) is 1. The highest BCUT2D eigenvalue weighted by Crippen LogP contribution is 2.66. The first-order valence-electron chi connectivity index (χ1n) is 7.06. The van der Waals surface area contributed by atoms with E-state index in [9.17, 15) is 4.39 Å². The Morgan fingerprint density at radius 2 is 2.00 bits per heavy atom. The summed E-state index contributed by atoms with van der Waals surface area (Å²) in [4.78, 5) is 0. The van der Waals surface area contributed by atoms with Crippen molar-refractivity contribution < 1.29 is 9.13 Å². The Balaban J connectivity index is 1.86. The third kappa shape index (κ3) is 1.74. The maximum Gasteiger partial charge on any atom is 0.128 e. The van der Waals surface area contributed by atoms with Crippen molar-refractivity contribution in [2.75, 3.05) is 5.73 Å². The normalized spacial score (nSPS) is 35.6. The molecule has 0 heterocycles. The second-order valence-corrected chi connectivity index (χ2v) is 6.94. The number of nitrogens with two attached hydrogens (primary N) is 1. The predicted molar refractivity (Wildman–Crippen MR) is 74.5 cm³/mol. The number of anilines is 1.